The Hall–Kier alpha value is -0.620. The lowest BCUT2D eigenvalue weighted by Gasteiger charge is -2.08. The summed E-state index contributed by atoms with van der Waals surface area (Å²) in [5.41, 5.74) is 0. The van der Waals surface area contributed by atoms with E-state index in [1.807, 2.05) is 0 Å². The van der Waals surface area contributed by atoms with E-state index in [1.165, 1.54) is 13.8 Å². The Kier molecular flexibility index (Phi) is 6.79. The van der Waals surface area contributed by atoms with Gasteiger partial charge in [0, 0.05) is 11.2 Å². The van der Waals surface area contributed by atoms with E-state index >= 15 is 0 Å². The number of hydrogen-bond acceptors (Lipinski definition) is 5. The van der Waals surface area contributed by atoms with Crippen LogP contribution in [-0.4, -0.2) is 24.2 Å². The fraction of sp³-hybridized carbons (Fsp3) is 0.857. The first-order chi connectivity index (χ1) is 5.59. The first-order valence-electron chi connectivity index (χ1n) is 3.74. The topological polar surface area (TPSA) is 97.3 Å². The molecule has 0 amide bonds. The van der Waals surface area contributed by atoms with Crippen LogP contribution < -0.4 is 5.11 Å². The monoisotopic (exact) mass is 210 g/mol. The van der Waals surface area contributed by atoms with Gasteiger partial charge in [0.15, 0.2) is 0 Å². The average molecular weight is 210 g/mol. The maximum Gasteiger partial charge on any atom is 0.0969 e. The second-order valence-electron chi connectivity index (χ2n) is 3.02. The maximum absolute atomic E-state index is 9.78. The summed E-state index contributed by atoms with van der Waals surface area (Å²) in [5, 5.41) is 8.80. The van der Waals surface area contributed by atoms with Gasteiger partial charge < -0.3 is 14.5 Å². The molecule has 0 saturated heterocycles. The predicted octanol–water partition coefficient (Wildman–Crippen LogP) is -0.668. The molecule has 0 aromatic heterocycles. The van der Waals surface area contributed by atoms with E-state index in [2.05, 4.69) is 0 Å². The zero-order valence-corrected chi connectivity index (χ0v) is 8.92. The lowest BCUT2D eigenvalue weighted by molar-refractivity contribution is -0.310. The highest BCUT2D eigenvalue weighted by Gasteiger charge is 1.98. The standard InChI is InChI=1S/C4H8O2.C3H8O3S/c1-3(2)4(5)6;1-3(2)7(4,5)6/h3H,1-2H3,(H,5,6);3H,1-2H3,(H,4,5,6)/p-2. The number of carboxylic acids is 1. The molecule has 0 aliphatic heterocycles. The molecule has 0 aromatic rings. The fourth-order valence-corrected chi connectivity index (χ4v) is 0. The third-order valence-electron chi connectivity index (χ3n) is 1.05. The van der Waals surface area contributed by atoms with Crippen LogP contribution in [0.5, 0.6) is 0 Å². The van der Waals surface area contributed by atoms with Crippen molar-refractivity contribution in [3.63, 3.8) is 0 Å². The summed E-state index contributed by atoms with van der Waals surface area (Å²) >= 11 is 0. The summed E-state index contributed by atoms with van der Waals surface area (Å²) in [5.74, 6) is -1.33. The SMILES string of the molecule is CC(C)C(=O)[O-].CC(C)S(=O)(=O)[O-]. The number of carbonyl (C=O) groups excluding carboxylic acids is 1. The van der Waals surface area contributed by atoms with Gasteiger partial charge in [-0.25, -0.2) is 8.42 Å². The highest BCUT2D eigenvalue weighted by molar-refractivity contribution is 7.86. The van der Waals surface area contributed by atoms with Gasteiger partial charge in [0.2, 0.25) is 0 Å². The molecular weight excluding hydrogens is 196 g/mol. The van der Waals surface area contributed by atoms with Crippen LogP contribution in [0.2, 0.25) is 0 Å². The molecule has 80 valence electrons. The second-order valence-corrected chi connectivity index (χ2v) is 4.94. The third kappa shape index (κ3) is 11.4. The van der Waals surface area contributed by atoms with E-state index in [4.69, 9.17) is 0 Å². The Labute approximate surface area is 78.5 Å². The van der Waals surface area contributed by atoms with Crippen LogP contribution in [0.4, 0.5) is 0 Å². The molecule has 0 spiro atoms. The van der Waals surface area contributed by atoms with Gasteiger partial charge in [-0.2, -0.15) is 0 Å². The minimum Gasteiger partial charge on any atom is -0.748 e. The van der Waals surface area contributed by atoms with Crippen molar-refractivity contribution < 1.29 is 22.9 Å². The van der Waals surface area contributed by atoms with E-state index < -0.39 is 21.3 Å². The van der Waals surface area contributed by atoms with Gasteiger partial charge in [-0.3, -0.25) is 0 Å². The van der Waals surface area contributed by atoms with Crippen LogP contribution in [0.3, 0.4) is 0 Å². The molecule has 0 atom stereocenters. The first-order valence-corrected chi connectivity index (χ1v) is 5.21. The molecule has 0 aliphatic carbocycles. The number of aliphatic carboxylic acids is 1. The summed E-state index contributed by atoms with van der Waals surface area (Å²) in [6.07, 6.45) is 0. The van der Waals surface area contributed by atoms with Crippen LogP contribution in [-0.2, 0) is 14.9 Å². The molecule has 0 saturated carbocycles. The Balaban J connectivity index is 0. The van der Waals surface area contributed by atoms with Gasteiger partial charge >= 0.3 is 0 Å². The Morgan fingerprint density at radius 1 is 1.15 bits per heavy atom. The van der Waals surface area contributed by atoms with E-state index in [-0.39, 0.29) is 5.92 Å². The molecule has 0 unspecified atom stereocenters. The summed E-state index contributed by atoms with van der Waals surface area (Å²) < 4.78 is 29.3. The molecule has 0 N–H and O–H groups in total. The third-order valence-corrected chi connectivity index (χ3v) is 2.20. The van der Waals surface area contributed by atoms with Crippen molar-refractivity contribution >= 4 is 16.1 Å². The van der Waals surface area contributed by atoms with Gasteiger partial charge in [-0.05, 0) is 19.8 Å². The Morgan fingerprint density at radius 2 is 1.31 bits per heavy atom. The molecule has 13 heavy (non-hydrogen) atoms. The van der Waals surface area contributed by atoms with Crippen LogP contribution in [0.1, 0.15) is 27.7 Å². The van der Waals surface area contributed by atoms with Gasteiger partial charge in [0.1, 0.15) is 0 Å². The van der Waals surface area contributed by atoms with Crippen molar-refractivity contribution in [1.82, 2.24) is 0 Å². The highest BCUT2D eigenvalue weighted by Crippen LogP contribution is 1.91. The second kappa shape index (κ2) is 5.93. The number of carbonyl (C=O) groups is 1. The van der Waals surface area contributed by atoms with Crippen LogP contribution in [0.15, 0.2) is 0 Å². The first kappa shape index (κ1) is 14.9. The summed E-state index contributed by atoms with van der Waals surface area (Å²) in [6.45, 7) is 5.86. The summed E-state index contributed by atoms with van der Waals surface area (Å²) in [7, 11) is -3.99. The van der Waals surface area contributed by atoms with Gasteiger partial charge in [-0.15, -0.1) is 0 Å². The molecule has 6 heteroatoms. The molecule has 0 aromatic carbocycles. The Bertz CT molecular complexity index is 240. The van der Waals surface area contributed by atoms with E-state index in [0.29, 0.717) is 0 Å². The van der Waals surface area contributed by atoms with Crippen molar-refractivity contribution in [1.29, 1.82) is 0 Å². The lowest BCUT2D eigenvalue weighted by Crippen LogP contribution is -2.27. The van der Waals surface area contributed by atoms with Crippen molar-refractivity contribution in [2.45, 2.75) is 32.9 Å². The predicted molar refractivity (Wildman–Crippen MR) is 44.7 cm³/mol. The van der Waals surface area contributed by atoms with E-state index in [9.17, 15) is 22.9 Å². The molecule has 0 bridgehead atoms. The lowest BCUT2D eigenvalue weighted by atomic mass is 10.2. The molecule has 0 radical (unpaired) electrons. The molecule has 0 aliphatic rings. The smallest absolute Gasteiger partial charge is 0.0969 e. The van der Waals surface area contributed by atoms with Gasteiger partial charge in [0.05, 0.1) is 10.1 Å². The molecule has 0 heterocycles. The maximum atomic E-state index is 9.78. The number of rotatable bonds is 2. The van der Waals surface area contributed by atoms with Crippen molar-refractivity contribution in [2.75, 3.05) is 0 Å². The zero-order chi connectivity index (χ0) is 11.2. The summed E-state index contributed by atoms with van der Waals surface area (Å²) in [6, 6.07) is 0. The minimum atomic E-state index is -3.99. The van der Waals surface area contributed by atoms with Gasteiger partial charge in [-0.1, -0.05) is 13.8 Å². The molecule has 5 nitrogen and oxygen atoms in total. The number of carboxylic acid groups (broad SMARTS) is 1. The molecule has 0 rings (SSSR count). The van der Waals surface area contributed by atoms with E-state index in [0.717, 1.165) is 0 Å². The molecular formula is C7H14O5S-2. The Morgan fingerprint density at radius 3 is 1.31 bits per heavy atom. The molecule has 0 fully saturated rings. The highest BCUT2D eigenvalue weighted by atomic mass is 32.2. The largest absolute Gasteiger partial charge is 0.748 e. The van der Waals surface area contributed by atoms with Crippen molar-refractivity contribution in [3.05, 3.63) is 0 Å². The van der Waals surface area contributed by atoms with E-state index in [1.54, 1.807) is 13.8 Å². The van der Waals surface area contributed by atoms with Crippen LogP contribution >= 0.6 is 0 Å². The number of hydrogen-bond donors (Lipinski definition) is 0. The minimum absolute atomic E-state index is 0.343. The van der Waals surface area contributed by atoms with Crippen LogP contribution in [0.25, 0.3) is 0 Å². The van der Waals surface area contributed by atoms with Crippen molar-refractivity contribution in [2.24, 2.45) is 5.92 Å². The average Bonchev–Trinajstić information content (AvgIpc) is 1.86. The quantitative estimate of drug-likeness (QED) is 0.563. The van der Waals surface area contributed by atoms with Gasteiger partial charge in [0.25, 0.3) is 0 Å². The normalized spacial score (nSPS) is 11.0. The summed E-state index contributed by atoms with van der Waals surface area (Å²) in [4.78, 5) is 9.59. The zero-order valence-electron chi connectivity index (χ0n) is 8.10. The van der Waals surface area contributed by atoms with Crippen molar-refractivity contribution in [3.8, 4) is 0 Å². The fourth-order valence-electron chi connectivity index (χ4n) is 0. The van der Waals surface area contributed by atoms with Crippen LogP contribution in [0, 0.1) is 5.92 Å².